The zero-order chi connectivity index (χ0) is 24.7. The van der Waals surface area contributed by atoms with Crippen molar-refractivity contribution in [2.24, 2.45) is 10.9 Å². The van der Waals surface area contributed by atoms with Crippen LogP contribution in [0, 0.1) is 17.6 Å². The van der Waals surface area contributed by atoms with Crippen LogP contribution in [0.25, 0.3) is 5.57 Å². The molecular formula is C25H28F2N4O3. The van der Waals surface area contributed by atoms with E-state index in [1.54, 1.807) is 0 Å². The van der Waals surface area contributed by atoms with Crippen LogP contribution in [0.2, 0.25) is 0 Å². The summed E-state index contributed by atoms with van der Waals surface area (Å²) in [5, 5.41) is 8.89. The van der Waals surface area contributed by atoms with Gasteiger partial charge in [0.15, 0.2) is 17.4 Å². The minimum Gasteiger partial charge on any atom is -0.487 e. The maximum atomic E-state index is 14.7. The Morgan fingerprint density at radius 1 is 1.26 bits per heavy atom. The molecule has 0 saturated carbocycles. The van der Waals surface area contributed by atoms with Crippen LogP contribution < -0.4 is 9.64 Å². The van der Waals surface area contributed by atoms with Gasteiger partial charge in [0.05, 0.1) is 6.61 Å². The lowest BCUT2D eigenvalue weighted by atomic mass is 9.98. The van der Waals surface area contributed by atoms with Gasteiger partial charge >= 0.3 is 5.97 Å². The van der Waals surface area contributed by atoms with Crippen LogP contribution in [0.3, 0.4) is 0 Å². The molecule has 0 atom stereocenters. The summed E-state index contributed by atoms with van der Waals surface area (Å²) in [5.41, 5.74) is 1.39. The molecule has 34 heavy (non-hydrogen) atoms. The molecule has 2 aromatic rings. The third kappa shape index (κ3) is 6.24. The Balaban J connectivity index is 1.61. The molecule has 0 unspecified atom stereocenters. The van der Waals surface area contributed by atoms with Crippen LogP contribution >= 0.6 is 0 Å². The molecule has 1 saturated heterocycles. The first-order valence-electron chi connectivity index (χ1n) is 11.1. The van der Waals surface area contributed by atoms with Gasteiger partial charge in [0.2, 0.25) is 5.95 Å². The smallest absolute Gasteiger partial charge is 0.349 e. The highest BCUT2D eigenvalue weighted by atomic mass is 19.1. The molecule has 1 aromatic carbocycles. The molecular weight excluding hydrogens is 442 g/mol. The van der Waals surface area contributed by atoms with E-state index in [0.29, 0.717) is 5.95 Å². The number of hydrogen-bond acceptors (Lipinski definition) is 6. The van der Waals surface area contributed by atoms with Gasteiger partial charge in [-0.25, -0.2) is 23.5 Å². The summed E-state index contributed by atoms with van der Waals surface area (Å²) in [5.74, 6) is -2.46. The second-order valence-corrected chi connectivity index (χ2v) is 8.06. The van der Waals surface area contributed by atoms with Gasteiger partial charge in [-0.05, 0) is 60.9 Å². The summed E-state index contributed by atoms with van der Waals surface area (Å²) < 4.78 is 34.8. The monoisotopic (exact) mass is 470 g/mol. The molecule has 1 N–H and O–H groups in total. The van der Waals surface area contributed by atoms with Crippen LogP contribution in [-0.4, -0.2) is 46.5 Å². The van der Waals surface area contributed by atoms with E-state index in [9.17, 15) is 13.6 Å². The first kappa shape index (κ1) is 25.0. The number of aryl methyl sites for hydroxylation is 1. The second-order valence-electron chi connectivity index (χ2n) is 8.06. The molecule has 1 aliphatic heterocycles. The third-order valence-corrected chi connectivity index (χ3v) is 5.72. The number of benzene rings is 1. The minimum atomic E-state index is -1.19. The van der Waals surface area contributed by atoms with Gasteiger partial charge in [0.25, 0.3) is 0 Å². The van der Waals surface area contributed by atoms with Gasteiger partial charge in [0.1, 0.15) is 5.71 Å². The van der Waals surface area contributed by atoms with E-state index in [0.717, 1.165) is 50.0 Å². The Hall–Kier alpha value is -3.62. The second kappa shape index (κ2) is 11.5. The Labute approximate surface area is 197 Å². The highest BCUT2D eigenvalue weighted by Gasteiger charge is 2.23. The van der Waals surface area contributed by atoms with Crippen LogP contribution in [0.15, 0.2) is 48.4 Å². The van der Waals surface area contributed by atoms with Gasteiger partial charge < -0.3 is 14.7 Å². The van der Waals surface area contributed by atoms with Crippen molar-refractivity contribution in [2.45, 2.75) is 33.1 Å². The average Bonchev–Trinajstić information content (AvgIpc) is 2.84. The number of carbonyl (C=O) groups is 1. The summed E-state index contributed by atoms with van der Waals surface area (Å²) in [6, 6.07) is 2.24. The molecule has 3 rings (SSSR count). The predicted molar refractivity (Wildman–Crippen MR) is 127 cm³/mol. The SMILES string of the molecule is C=C/C(=C\N=C(C)C(=O)O)c1cc(F)c(OCC2CCN(c3ncc(CC)cn3)CC2)c(F)c1. The highest BCUT2D eigenvalue weighted by Crippen LogP contribution is 2.29. The minimum absolute atomic E-state index is 0.154. The fraction of sp³-hybridized carbons (Fsp3) is 0.360. The Morgan fingerprint density at radius 3 is 2.41 bits per heavy atom. The summed E-state index contributed by atoms with van der Waals surface area (Å²) in [6.07, 6.45) is 8.70. The fourth-order valence-corrected chi connectivity index (χ4v) is 3.53. The number of carboxylic acid groups (broad SMARTS) is 1. The number of rotatable bonds is 9. The summed E-state index contributed by atoms with van der Waals surface area (Å²) in [4.78, 5) is 25.6. The molecule has 0 amide bonds. The van der Waals surface area contributed by atoms with Crippen molar-refractivity contribution in [2.75, 3.05) is 24.6 Å². The van der Waals surface area contributed by atoms with Gasteiger partial charge in [-0.2, -0.15) is 0 Å². The first-order valence-corrected chi connectivity index (χ1v) is 11.1. The first-order chi connectivity index (χ1) is 16.3. The molecule has 0 bridgehead atoms. The third-order valence-electron chi connectivity index (χ3n) is 5.72. The number of aromatic nitrogens is 2. The molecule has 7 nitrogen and oxygen atoms in total. The summed E-state index contributed by atoms with van der Waals surface area (Å²) in [6.45, 7) is 8.65. The molecule has 9 heteroatoms. The molecule has 1 aliphatic rings. The van der Waals surface area contributed by atoms with E-state index < -0.39 is 23.4 Å². The summed E-state index contributed by atoms with van der Waals surface area (Å²) >= 11 is 0. The Morgan fingerprint density at radius 2 is 1.88 bits per heavy atom. The maximum absolute atomic E-state index is 14.7. The number of aliphatic imine (C=N–C) groups is 1. The predicted octanol–water partition coefficient (Wildman–Crippen LogP) is 4.69. The number of ether oxygens (including phenoxy) is 1. The normalized spacial score (nSPS) is 15.4. The van der Waals surface area contributed by atoms with Crippen molar-refractivity contribution in [1.82, 2.24) is 9.97 Å². The molecule has 1 aromatic heterocycles. The zero-order valence-corrected chi connectivity index (χ0v) is 19.3. The zero-order valence-electron chi connectivity index (χ0n) is 19.3. The Bertz CT molecular complexity index is 1070. The van der Waals surface area contributed by atoms with Crippen molar-refractivity contribution < 1.29 is 23.4 Å². The van der Waals surface area contributed by atoms with Crippen molar-refractivity contribution in [3.8, 4) is 5.75 Å². The van der Waals surface area contributed by atoms with Gasteiger partial charge in [-0.15, -0.1) is 0 Å². The number of aliphatic carboxylic acids is 1. The van der Waals surface area contributed by atoms with Gasteiger partial charge in [0, 0.05) is 31.7 Å². The van der Waals surface area contributed by atoms with E-state index >= 15 is 0 Å². The molecule has 0 aliphatic carbocycles. The van der Waals surface area contributed by atoms with E-state index in [1.165, 1.54) is 19.2 Å². The van der Waals surface area contributed by atoms with Crippen molar-refractivity contribution in [1.29, 1.82) is 0 Å². The summed E-state index contributed by atoms with van der Waals surface area (Å²) in [7, 11) is 0. The van der Waals surface area contributed by atoms with Crippen LogP contribution in [-0.2, 0) is 11.2 Å². The standard InChI is InChI=1S/C25H28F2N4O3/c1-4-17-12-29-25(30-13-17)31-8-6-18(7-9-31)15-34-23-21(26)10-20(11-22(23)27)19(5-2)14-28-16(3)24(32)33/h5,10-14,18H,2,4,6-9,15H2,1,3H3,(H,32,33)/b19-14+,28-16?. The largest absolute Gasteiger partial charge is 0.487 e. The van der Waals surface area contributed by atoms with Crippen LogP contribution in [0.1, 0.15) is 37.8 Å². The van der Waals surface area contributed by atoms with E-state index in [4.69, 9.17) is 9.84 Å². The number of nitrogens with zero attached hydrogens (tertiary/aromatic N) is 4. The fourth-order valence-electron chi connectivity index (χ4n) is 3.53. The number of allylic oxidation sites excluding steroid dienone is 2. The molecule has 2 heterocycles. The molecule has 0 radical (unpaired) electrons. The number of carboxylic acids is 1. The topological polar surface area (TPSA) is 87.9 Å². The molecule has 180 valence electrons. The van der Waals surface area contributed by atoms with E-state index in [2.05, 4.69) is 33.4 Å². The van der Waals surface area contributed by atoms with Crippen LogP contribution in [0.4, 0.5) is 14.7 Å². The van der Waals surface area contributed by atoms with E-state index in [1.807, 2.05) is 12.4 Å². The number of hydrogen-bond donors (Lipinski definition) is 1. The lowest BCUT2D eigenvalue weighted by molar-refractivity contribution is -0.129. The maximum Gasteiger partial charge on any atom is 0.349 e. The van der Waals surface area contributed by atoms with Gasteiger partial charge in [-0.1, -0.05) is 19.6 Å². The average molecular weight is 471 g/mol. The van der Waals surface area contributed by atoms with Crippen LogP contribution in [0.5, 0.6) is 5.75 Å². The van der Waals surface area contributed by atoms with Crippen molar-refractivity contribution in [3.05, 3.63) is 66.1 Å². The van der Waals surface area contributed by atoms with Crippen molar-refractivity contribution >= 4 is 23.2 Å². The lowest BCUT2D eigenvalue weighted by Crippen LogP contribution is -2.36. The molecule has 1 fully saturated rings. The van der Waals surface area contributed by atoms with E-state index in [-0.39, 0.29) is 29.4 Å². The highest BCUT2D eigenvalue weighted by molar-refractivity contribution is 6.34. The number of anilines is 1. The number of halogens is 2. The quantitative estimate of drug-likeness (QED) is 0.423. The molecule has 0 spiro atoms. The number of piperidine rings is 1. The van der Waals surface area contributed by atoms with Gasteiger partial charge in [-0.3, -0.25) is 4.99 Å². The van der Waals surface area contributed by atoms with Crippen molar-refractivity contribution in [3.63, 3.8) is 0 Å². The Kier molecular flexibility index (Phi) is 8.45. The lowest BCUT2D eigenvalue weighted by Gasteiger charge is -2.31.